The maximum atomic E-state index is 5.94. The third kappa shape index (κ3) is 3.85. The molecule has 2 atom stereocenters. The van der Waals surface area contributed by atoms with Gasteiger partial charge in [0.15, 0.2) is 0 Å². The van der Waals surface area contributed by atoms with E-state index in [0.29, 0.717) is 0 Å². The molecule has 1 aliphatic rings. The zero-order valence-corrected chi connectivity index (χ0v) is 19.8. The van der Waals surface area contributed by atoms with Gasteiger partial charge in [-0.2, -0.15) is 0 Å². The van der Waals surface area contributed by atoms with Crippen molar-refractivity contribution >= 4 is 38.9 Å². The highest BCUT2D eigenvalue weighted by molar-refractivity contribution is 6.05. The summed E-state index contributed by atoms with van der Waals surface area (Å²) in [5, 5.41) is 5.99. The van der Waals surface area contributed by atoms with E-state index in [2.05, 4.69) is 107 Å². The summed E-state index contributed by atoms with van der Waals surface area (Å²) in [7, 11) is 0. The lowest BCUT2D eigenvalue weighted by atomic mass is 9.74. The largest absolute Gasteiger partial charge is 0.399 e. The van der Waals surface area contributed by atoms with Crippen LogP contribution in [0.2, 0.25) is 0 Å². The first-order chi connectivity index (χ1) is 17.0. The van der Waals surface area contributed by atoms with E-state index in [1.807, 2.05) is 18.3 Å². The van der Waals surface area contributed by atoms with E-state index in [9.17, 15) is 0 Å². The van der Waals surface area contributed by atoms with Crippen LogP contribution in [0.4, 0.5) is 11.4 Å². The number of fused-ring (bicyclic) bond motifs is 3. The molecule has 0 saturated carbocycles. The molecule has 5 aromatic rings. The van der Waals surface area contributed by atoms with E-state index in [-0.39, 0.29) is 11.5 Å². The topological polar surface area (TPSA) is 79.6 Å². The minimum Gasteiger partial charge on any atom is -0.399 e. The Labute approximate surface area is 204 Å². The number of aromatic nitrogens is 3. The summed E-state index contributed by atoms with van der Waals surface area (Å²) in [6, 6.07) is 23.2. The molecule has 0 radical (unpaired) electrons. The van der Waals surface area contributed by atoms with Gasteiger partial charge in [-0.25, -0.2) is 9.97 Å². The van der Waals surface area contributed by atoms with Gasteiger partial charge in [-0.15, -0.1) is 0 Å². The molecule has 3 aromatic carbocycles. The Hall–Kier alpha value is -4.38. The first-order valence-corrected chi connectivity index (χ1v) is 11.8. The molecule has 0 bridgehead atoms. The fraction of sp³-hybridized carbons (Fsp3) is 0.133. The highest BCUT2D eigenvalue weighted by atomic mass is 15.0. The summed E-state index contributed by atoms with van der Waals surface area (Å²) < 4.78 is 0. The molecule has 2 heterocycles. The molecular weight excluding hydrogens is 430 g/mol. The number of H-pyrrole nitrogens is 1. The highest BCUT2D eigenvalue weighted by Gasteiger charge is 2.34. The first-order valence-electron chi connectivity index (χ1n) is 11.8. The van der Waals surface area contributed by atoms with Gasteiger partial charge in [0.2, 0.25) is 0 Å². The summed E-state index contributed by atoms with van der Waals surface area (Å²) in [6.07, 6.45) is 10.3. The van der Waals surface area contributed by atoms with Crippen molar-refractivity contribution in [3.63, 3.8) is 0 Å². The minimum absolute atomic E-state index is 0.0856. The monoisotopic (exact) mass is 457 g/mol. The SMILES string of the molecule is Cc1cccc(NC2(C)C=CC(c3ccc(N)cc3)=CC2c2ccc3c(c2)[nH]c2ncncc23)c1. The van der Waals surface area contributed by atoms with Gasteiger partial charge in [-0.05, 0) is 66.4 Å². The number of rotatable bonds is 4. The molecule has 0 aliphatic heterocycles. The smallest absolute Gasteiger partial charge is 0.141 e. The Bertz CT molecular complexity index is 1610. The summed E-state index contributed by atoms with van der Waals surface area (Å²) in [6.45, 7) is 4.38. The first kappa shape index (κ1) is 21.2. The normalized spacial score (nSPS) is 19.7. The van der Waals surface area contributed by atoms with Crippen LogP contribution in [0.3, 0.4) is 0 Å². The number of allylic oxidation sites excluding steroid dienone is 2. The van der Waals surface area contributed by atoms with Crippen molar-refractivity contribution in [2.45, 2.75) is 25.3 Å². The van der Waals surface area contributed by atoms with Crippen LogP contribution in [0.15, 0.2) is 97.5 Å². The summed E-state index contributed by atoms with van der Waals surface area (Å²) in [5.41, 5.74) is 14.2. The van der Waals surface area contributed by atoms with Gasteiger partial charge in [-0.1, -0.05) is 54.6 Å². The average molecular weight is 458 g/mol. The van der Waals surface area contributed by atoms with E-state index in [4.69, 9.17) is 5.73 Å². The van der Waals surface area contributed by atoms with Crippen LogP contribution in [0.25, 0.3) is 27.5 Å². The quantitative estimate of drug-likeness (QED) is 0.265. The summed E-state index contributed by atoms with van der Waals surface area (Å²) in [4.78, 5) is 12.1. The number of nitrogens with one attached hydrogen (secondary N) is 2. The predicted octanol–water partition coefficient (Wildman–Crippen LogP) is 6.61. The molecule has 5 heteroatoms. The van der Waals surface area contributed by atoms with E-state index in [1.54, 1.807) is 6.33 Å². The number of nitrogen functional groups attached to an aromatic ring is 1. The summed E-state index contributed by atoms with van der Waals surface area (Å²) in [5.74, 6) is 0.0856. The van der Waals surface area contributed by atoms with E-state index < -0.39 is 0 Å². The number of hydrogen-bond donors (Lipinski definition) is 3. The standard InChI is InChI=1S/C30H27N5/c1-19-4-3-5-24(14-19)35-30(2)13-12-21(20-6-9-23(31)10-7-20)15-27(30)22-8-11-25-26-17-32-18-33-29(26)34-28(25)16-22/h3-18,27,35H,31H2,1-2H3,(H,32,33,34). The van der Waals surface area contributed by atoms with Gasteiger partial charge >= 0.3 is 0 Å². The molecule has 6 rings (SSSR count). The molecule has 0 spiro atoms. The van der Waals surface area contributed by atoms with Crippen LogP contribution in [-0.2, 0) is 0 Å². The number of anilines is 2. The predicted molar refractivity (Wildman–Crippen MR) is 145 cm³/mol. The second-order valence-electron chi connectivity index (χ2n) is 9.55. The van der Waals surface area contributed by atoms with Gasteiger partial charge < -0.3 is 16.0 Å². The average Bonchev–Trinajstić information content (AvgIpc) is 3.23. The van der Waals surface area contributed by atoms with Gasteiger partial charge in [-0.3, -0.25) is 0 Å². The molecular formula is C30H27N5. The molecule has 4 N–H and O–H groups in total. The van der Waals surface area contributed by atoms with Crippen molar-refractivity contribution in [2.24, 2.45) is 0 Å². The minimum atomic E-state index is -0.329. The number of aryl methyl sites for hydroxylation is 1. The maximum absolute atomic E-state index is 5.94. The third-order valence-electron chi connectivity index (χ3n) is 6.94. The Kier molecular flexibility index (Phi) is 4.92. The number of nitrogens with two attached hydrogens (primary N) is 1. The fourth-order valence-corrected chi connectivity index (χ4v) is 5.09. The van der Waals surface area contributed by atoms with Crippen LogP contribution in [0.1, 0.15) is 29.5 Å². The number of hydrogen-bond acceptors (Lipinski definition) is 4. The molecule has 2 aromatic heterocycles. The molecule has 0 amide bonds. The van der Waals surface area contributed by atoms with Crippen molar-refractivity contribution in [3.05, 3.63) is 114 Å². The summed E-state index contributed by atoms with van der Waals surface area (Å²) >= 11 is 0. The van der Waals surface area contributed by atoms with Crippen LogP contribution < -0.4 is 11.1 Å². The van der Waals surface area contributed by atoms with Crippen molar-refractivity contribution in [1.82, 2.24) is 15.0 Å². The van der Waals surface area contributed by atoms with Crippen LogP contribution in [0.5, 0.6) is 0 Å². The van der Waals surface area contributed by atoms with Gasteiger partial charge in [0, 0.05) is 39.8 Å². The van der Waals surface area contributed by atoms with Crippen LogP contribution in [-0.4, -0.2) is 20.5 Å². The zero-order valence-electron chi connectivity index (χ0n) is 19.8. The van der Waals surface area contributed by atoms with Crippen molar-refractivity contribution < 1.29 is 0 Å². The molecule has 35 heavy (non-hydrogen) atoms. The van der Waals surface area contributed by atoms with Gasteiger partial charge in [0.1, 0.15) is 12.0 Å². The second-order valence-corrected chi connectivity index (χ2v) is 9.55. The lowest BCUT2D eigenvalue weighted by Gasteiger charge is -2.39. The van der Waals surface area contributed by atoms with Crippen molar-refractivity contribution in [2.75, 3.05) is 11.1 Å². The van der Waals surface area contributed by atoms with Crippen LogP contribution in [0, 0.1) is 6.92 Å². The number of aromatic amines is 1. The fourth-order valence-electron chi connectivity index (χ4n) is 5.09. The number of nitrogens with zero attached hydrogens (tertiary/aromatic N) is 2. The van der Waals surface area contributed by atoms with E-state index in [1.165, 1.54) is 16.7 Å². The van der Waals surface area contributed by atoms with Crippen LogP contribution >= 0.6 is 0 Å². The van der Waals surface area contributed by atoms with E-state index >= 15 is 0 Å². The molecule has 0 fully saturated rings. The van der Waals surface area contributed by atoms with Crippen molar-refractivity contribution in [3.8, 4) is 0 Å². The Morgan fingerprint density at radius 1 is 1.00 bits per heavy atom. The molecule has 0 saturated heterocycles. The van der Waals surface area contributed by atoms with Gasteiger partial charge in [0.25, 0.3) is 0 Å². The van der Waals surface area contributed by atoms with Crippen molar-refractivity contribution in [1.29, 1.82) is 0 Å². The molecule has 1 aliphatic carbocycles. The Morgan fingerprint density at radius 3 is 2.69 bits per heavy atom. The van der Waals surface area contributed by atoms with Gasteiger partial charge in [0.05, 0.1) is 5.54 Å². The molecule has 172 valence electrons. The number of benzene rings is 3. The molecule has 5 nitrogen and oxygen atoms in total. The Morgan fingerprint density at radius 2 is 1.86 bits per heavy atom. The lowest BCUT2D eigenvalue weighted by Crippen LogP contribution is -2.40. The van der Waals surface area contributed by atoms with E-state index in [0.717, 1.165) is 38.9 Å². The highest BCUT2D eigenvalue weighted by Crippen LogP contribution is 2.41. The third-order valence-corrected chi connectivity index (χ3v) is 6.94. The second kappa shape index (κ2) is 8.13. The lowest BCUT2D eigenvalue weighted by molar-refractivity contribution is 0.564. The zero-order chi connectivity index (χ0) is 24.0. The Balaban J connectivity index is 1.47. The maximum Gasteiger partial charge on any atom is 0.141 e. The molecule has 2 unspecified atom stereocenters.